The molecule has 3 amide bonds. The van der Waals surface area contributed by atoms with Crippen LogP contribution < -0.4 is 16.0 Å². The van der Waals surface area contributed by atoms with Gasteiger partial charge >= 0.3 is 6.03 Å². The molecule has 0 aliphatic heterocycles. The number of anilines is 2. The predicted molar refractivity (Wildman–Crippen MR) is 95.1 cm³/mol. The van der Waals surface area contributed by atoms with Crippen molar-refractivity contribution in [3.05, 3.63) is 59.1 Å². The summed E-state index contributed by atoms with van der Waals surface area (Å²) in [7, 11) is 0. The molecule has 0 saturated heterocycles. The second-order valence-electron chi connectivity index (χ2n) is 5.78. The molecule has 1 aliphatic carbocycles. The lowest BCUT2D eigenvalue weighted by atomic mass is 10.2. The highest BCUT2D eigenvalue weighted by Gasteiger charge is 2.29. The van der Waals surface area contributed by atoms with Crippen molar-refractivity contribution in [1.29, 1.82) is 0 Å². The molecule has 24 heavy (non-hydrogen) atoms. The van der Waals surface area contributed by atoms with E-state index in [-0.39, 0.29) is 17.9 Å². The second kappa shape index (κ2) is 7.36. The van der Waals surface area contributed by atoms with E-state index >= 15 is 0 Å². The SMILES string of the molecule is O=C(NCc1ccc(Cl)cc1)Nc1cccc(NC(=O)C2CC2)c1. The van der Waals surface area contributed by atoms with Crippen LogP contribution in [0.15, 0.2) is 48.5 Å². The van der Waals surface area contributed by atoms with Gasteiger partial charge in [0, 0.05) is 28.9 Å². The van der Waals surface area contributed by atoms with Gasteiger partial charge in [0.05, 0.1) is 0 Å². The fourth-order valence-electron chi connectivity index (χ4n) is 2.22. The summed E-state index contributed by atoms with van der Waals surface area (Å²) in [6.45, 7) is 0.404. The maximum Gasteiger partial charge on any atom is 0.319 e. The van der Waals surface area contributed by atoms with Crippen LogP contribution in [0, 0.1) is 5.92 Å². The molecule has 0 radical (unpaired) electrons. The maximum absolute atomic E-state index is 12.0. The van der Waals surface area contributed by atoms with Crippen molar-refractivity contribution in [2.45, 2.75) is 19.4 Å². The van der Waals surface area contributed by atoms with Crippen LogP contribution in [0.4, 0.5) is 16.2 Å². The zero-order valence-corrected chi connectivity index (χ0v) is 13.8. The number of halogens is 1. The number of amides is 3. The third-order valence-electron chi connectivity index (χ3n) is 3.70. The summed E-state index contributed by atoms with van der Waals surface area (Å²) >= 11 is 5.83. The Morgan fingerprint density at radius 2 is 1.67 bits per heavy atom. The highest BCUT2D eigenvalue weighted by atomic mass is 35.5. The monoisotopic (exact) mass is 343 g/mol. The number of hydrogen-bond donors (Lipinski definition) is 3. The van der Waals surface area contributed by atoms with Crippen molar-refractivity contribution in [3.8, 4) is 0 Å². The zero-order valence-electron chi connectivity index (χ0n) is 13.0. The van der Waals surface area contributed by atoms with Gasteiger partial charge in [-0.1, -0.05) is 29.8 Å². The number of hydrogen-bond acceptors (Lipinski definition) is 2. The minimum absolute atomic E-state index is 0.0411. The van der Waals surface area contributed by atoms with Gasteiger partial charge in [0.1, 0.15) is 0 Å². The van der Waals surface area contributed by atoms with Crippen molar-refractivity contribution in [3.63, 3.8) is 0 Å². The molecule has 6 heteroatoms. The lowest BCUT2D eigenvalue weighted by Gasteiger charge is -2.10. The van der Waals surface area contributed by atoms with E-state index in [0.717, 1.165) is 18.4 Å². The Balaban J connectivity index is 1.51. The predicted octanol–water partition coefficient (Wildman–Crippen LogP) is 4.01. The first kappa shape index (κ1) is 16.3. The molecule has 2 aromatic rings. The topological polar surface area (TPSA) is 70.2 Å². The zero-order chi connectivity index (χ0) is 16.9. The van der Waals surface area contributed by atoms with Crippen LogP contribution in [0.2, 0.25) is 5.02 Å². The highest BCUT2D eigenvalue weighted by Crippen LogP contribution is 2.30. The Labute approximate surface area is 145 Å². The van der Waals surface area contributed by atoms with Gasteiger partial charge in [-0.2, -0.15) is 0 Å². The molecule has 3 rings (SSSR count). The van der Waals surface area contributed by atoms with Crippen LogP contribution in [-0.2, 0) is 11.3 Å². The molecular formula is C18H18ClN3O2. The standard InChI is InChI=1S/C18H18ClN3O2/c19-14-8-4-12(5-9-14)11-20-18(24)22-16-3-1-2-15(10-16)21-17(23)13-6-7-13/h1-5,8-10,13H,6-7,11H2,(H,21,23)(H2,20,22,24). The smallest absolute Gasteiger partial charge is 0.319 e. The van der Waals surface area contributed by atoms with Gasteiger partial charge in [-0.15, -0.1) is 0 Å². The fraction of sp³-hybridized carbons (Fsp3) is 0.222. The number of carbonyl (C=O) groups is 2. The van der Waals surface area contributed by atoms with Gasteiger partial charge in [0.2, 0.25) is 5.91 Å². The first-order valence-electron chi connectivity index (χ1n) is 7.80. The Kier molecular flexibility index (Phi) is 5.01. The Morgan fingerprint density at radius 3 is 2.33 bits per heavy atom. The molecule has 0 heterocycles. The van der Waals surface area contributed by atoms with E-state index in [1.165, 1.54) is 0 Å². The third kappa shape index (κ3) is 4.73. The molecule has 0 spiro atoms. The summed E-state index contributed by atoms with van der Waals surface area (Å²) in [5.41, 5.74) is 2.26. The van der Waals surface area contributed by atoms with Gasteiger partial charge in [-0.05, 0) is 48.7 Å². The van der Waals surface area contributed by atoms with Crippen molar-refractivity contribution in [2.24, 2.45) is 5.92 Å². The second-order valence-corrected chi connectivity index (χ2v) is 6.21. The summed E-state index contributed by atoms with van der Waals surface area (Å²) in [6, 6.07) is 14.1. The maximum atomic E-state index is 12.0. The Hall–Kier alpha value is -2.53. The fourth-order valence-corrected chi connectivity index (χ4v) is 2.35. The third-order valence-corrected chi connectivity index (χ3v) is 3.95. The summed E-state index contributed by atoms with van der Waals surface area (Å²) < 4.78 is 0. The van der Waals surface area contributed by atoms with Gasteiger partial charge in [-0.25, -0.2) is 4.79 Å². The van der Waals surface area contributed by atoms with Crippen LogP contribution in [0.3, 0.4) is 0 Å². The quantitative estimate of drug-likeness (QED) is 0.767. The summed E-state index contributed by atoms with van der Waals surface area (Å²) in [5.74, 6) is 0.184. The molecule has 124 valence electrons. The van der Waals surface area contributed by atoms with E-state index in [4.69, 9.17) is 11.6 Å². The normalized spacial score (nSPS) is 13.2. The van der Waals surface area contributed by atoms with Gasteiger partial charge in [0.15, 0.2) is 0 Å². The number of carbonyl (C=O) groups excluding carboxylic acids is 2. The minimum Gasteiger partial charge on any atom is -0.334 e. The molecule has 5 nitrogen and oxygen atoms in total. The van der Waals surface area contributed by atoms with Gasteiger partial charge in [-0.3, -0.25) is 4.79 Å². The molecule has 1 fully saturated rings. The number of urea groups is 1. The van der Waals surface area contributed by atoms with Gasteiger partial charge in [0.25, 0.3) is 0 Å². The van der Waals surface area contributed by atoms with Crippen LogP contribution >= 0.6 is 11.6 Å². The molecule has 0 aromatic heterocycles. The first-order chi connectivity index (χ1) is 11.6. The van der Waals surface area contributed by atoms with Crippen molar-refractivity contribution in [1.82, 2.24) is 5.32 Å². The number of nitrogens with one attached hydrogen (secondary N) is 3. The molecule has 1 saturated carbocycles. The highest BCUT2D eigenvalue weighted by molar-refractivity contribution is 6.30. The van der Waals surface area contributed by atoms with Crippen LogP contribution in [0.25, 0.3) is 0 Å². The van der Waals surface area contributed by atoms with E-state index in [1.807, 2.05) is 12.1 Å². The lowest BCUT2D eigenvalue weighted by molar-refractivity contribution is -0.117. The van der Waals surface area contributed by atoms with Gasteiger partial charge < -0.3 is 16.0 Å². The molecule has 1 aliphatic rings. The molecule has 0 bridgehead atoms. The van der Waals surface area contributed by atoms with Crippen LogP contribution in [-0.4, -0.2) is 11.9 Å². The van der Waals surface area contributed by atoms with E-state index in [0.29, 0.717) is 22.9 Å². The Morgan fingerprint density at radius 1 is 1.00 bits per heavy atom. The minimum atomic E-state index is -0.310. The molecule has 3 N–H and O–H groups in total. The Bertz CT molecular complexity index is 742. The first-order valence-corrected chi connectivity index (χ1v) is 8.18. The van der Waals surface area contributed by atoms with Crippen molar-refractivity contribution < 1.29 is 9.59 Å². The van der Waals surface area contributed by atoms with Crippen molar-refractivity contribution in [2.75, 3.05) is 10.6 Å². The van der Waals surface area contributed by atoms with Crippen LogP contribution in [0.5, 0.6) is 0 Å². The van der Waals surface area contributed by atoms with E-state index in [9.17, 15) is 9.59 Å². The molecular weight excluding hydrogens is 326 g/mol. The van der Waals surface area contributed by atoms with Crippen molar-refractivity contribution >= 4 is 34.9 Å². The van der Waals surface area contributed by atoms with E-state index in [1.54, 1.807) is 36.4 Å². The average Bonchev–Trinajstić information content (AvgIpc) is 3.40. The largest absolute Gasteiger partial charge is 0.334 e. The number of benzene rings is 2. The summed E-state index contributed by atoms with van der Waals surface area (Å²) in [5, 5.41) is 9.05. The molecule has 0 atom stereocenters. The summed E-state index contributed by atoms with van der Waals surface area (Å²) in [4.78, 5) is 23.7. The average molecular weight is 344 g/mol. The number of rotatable bonds is 5. The lowest BCUT2D eigenvalue weighted by Crippen LogP contribution is -2.28. The van der Waals surface area contributed by atoms with E-state index in [2.05, 4.69) is 16.0 Å². The summed E-state index contributed by atoms with van der Waals surface area (Å²) in [6.07, 6.45) is 1.91. The molecule has 0 unspecified atom stereocenters. The van der Waals surface area contributed by atoms with Crippen LogP contribution in [0.1, 0.15) is 18.4 Å². The molecule has 2 aromatic carbocycles. The van der Waals surface area contributed by atoms with E-state index < -0.39 is 0 Å².